The van der Waals surface area contributed by atoms with Gasteiger partial charge in [-0.2, -0.15) is 0 Å². The van der Waals surface area contributed by atoms with Gasteiger partial charge < -0.3 is 0 Å². The summed E-state index contributed by atoms with van der Waals surface area (Å²) < 4.78 is 13.2. The van der Waals surface area contributed by atoms with Crippen molar-refractivity contribution in [1.82, 2.24) is 4.98 Å². The zero-order valence-corrected chi connectivity index (χ0v) is 10.7. The smallest absolute Gasteiger partial charge is 0.167 e. The van der Waals surface area contributed by atoms with E-state index in [0.717, 1.165) is 0 Å². The lowest BCUT2D eigenvalue weighted by molar-refractivity contribution is 0.0993. The fourth-order valence-electron chi connectivity index (χ4n) is 1.51. The van der Waals surface area contributed by atoms with Crippen LogP contribution >= 0.6 is 23.2 Å². The average molecular weight is 284 g/mol. The van der Waals surface area contributed by atoms with Gasteiger partial charge >= 0.3 is 0 Å². The van der Waals surface area contributed by atoms with Crippen LogP contribution in [-0.4, -0.2) is 10.8 Å². The van der Waals surface area contributed by atoms with E-state index in [1.54, 1.807) is 12.1 Å². The third kappa shape index (κ3) is 3.06. The SMILES string of the molecule is O=C(Cc1ccc(Cl)c(F)c1)c1ccnc(Cl)c1. The zero-order chi connectivity index (χ0) is 13.1. The summed E-state index contributed by atoms with van der Waals surface area (Å²) in [7, 11) is 0. The van der Waals surface area contributed by atoms with E-state index in [2.05, 4.69) is 4.98 Å². The Morgan fingerprint density at radius 2 is 2.00 bits per heavy atom. The van der Waals surface area contributed by atoms with E-state index in [1.807, 2.05) is 0 Å². The van der Waals surface area contributed by atoms with E-state index in [1.165, 1.54) is 24.4 Å². The molecule has 5 heteroatoms. The molecule has 0 aliphatic carbocycles. The van der Waals surface area contributed by atoms with Crippen LogP contribution in [0.25, 0.3) is 0 Å². The maximum Gasteiger partial charge on any atom is 0.167 e. The lowest BCUT2D eigenvalue weighted by Gasteiger charge is -2.03. The molecule has 0 aliphatic rings. The van der Waals surface area contributed by atoms with Gasteiger partial charge in [-0.15, -0.1) is 0 Å². The average Bonchev–Trinajstić information content (AvgIpc) is 2.34. The number of carbonyl (C=O) groups is 1. The molecule has 92 valence electrons. The molecule has 2 rings (SSSR count). The molecule has 0 aliphatic heterocycles. The highest BCUT2D eigenvalue weighted by Gasteiger charge is 2.09. The molecule has 0 saturated heterocycles. The molecule has 0 fully saturated rings. The standard InChI is InChI=1S/C13H8Cl2FNO/c14-10-2-1-8(5-11(10)16)6-12(18)9-3-4-17-13(15)7-9/h1-5,7H,6H2. The Balaban J connectivity index is 2.18. The Hall–Kier alpha value is -1.45. The van der Waals surface area contributed by atoms with Crippen LogP contribution in [-0.2, 0) is 6.42 Å². The molecule has 0 atom stereocenters. The first kappa shape index (κ1) is 13.0. The van der Waals surface area contributed by atoms with Gasteiger partial charge in [0.25, 0.3) is 0 Å². The van der Waals surface area contributed by atoms with Crippen molar-refractivity contribution >= 4 is 29.0 Å². The highest BCUT2D eigenvalue weighted by Crippen LogP contribution is 2.17. The molecule has 0 N–H and O–H groups in total. The van der Waals surface area contributed by atoms with Gasteiger partial charge in [0.05, 0.1) is 5.02 Å². The molecule has 0 amide bonds. The van der Waals surface area contributed by atoms with Gasteiger partial charge in [-0.05, 0) is 29.8 Å². The Morgan fingerprint density at radius 1 is 1.22 bits per heavy atom. The van der Waals surface area contributed by atoms with Crippen molar-refractivity contribution in [1.29, 1.82) is 0 Å². The van der Waals surface area contributed by atoms with Gasteiger partial charge in [0.15, 0.2) is 5.78 Å². The summed E-state index contributed by atoms with van der Waals surface area (Å²) in [5, 5.41) is 0.293. The minimum Gasteiger partial charge on any atom is -0.294 e. The topological polar surface area (TPSA) is 30.0 Å². The molecule has 0 radical (unpaired) electrons. The largest absolute Gasteiger partial charge is 0.294 e. The highest BCUT2D eigenvalue weighted by molar-refractivity contribution is 6.30. The Kier molecular flexibility index (Phi) is 3.94. The van der Waals surface area contributed by atoms with Crippen molar-refractivity contribution < 1.29 is 9.18 Å². The molecule has 1 aromatic heterocycles. The van der Waals surface area contributed by atoms with Crippen molar-refractivity contribution in [3.8, 4) is 0 Å². The number of benzene rings is 1. The Bertz CT molecular complexity index is 601. The molecule has 0 spiro atoms. The summed E-state index contributed by atoms with van der Waals surface area (Å²) in [6.07, 6.45) is 1.55. The molecule has 0 saturated carbocycles. The van der Waals surface area contributed by atoms with Crippen LogP contribution in [0.1, 0.15) is 15.9 Å². The third-order valence-corrected chi connectivity index (χ3v) is 2.91. The summed E-state index contributed by atoms with van der Waals surface area (Å²) in [6, 6.07) is 7.35. The number of hydrogen-bond donors (Lipinski definition) is 0. The second-order valence-electron chi connectivity index (χ2n) is 3.72. The van der Waals surface area contributed by atoms with Gasteiger partial charge in [-0.25, -0.2) is 9.37 Å². The molecular formula is C13H8Cl2FNO. The second-order valence-corrected chi connectivity index (χ2v) is 4.51. The number of halogens is 3. The molecule has 1 heterocycles. The molecule has 2 aromatic rings. The minimum atomic E-state index is -0.533. The fraction of sp³-hybridized carbons (Fsp3) is 0.0769. The quantitative estimate of drug-likeness (QED) is 0.631. The molecular weight excluding hydrogens is 276 g/mol. The normalized spacial score (nSPS) is 10.4. The Labute approximate surface area is 113 Å². The monoisotopic (exact) mass is 283 g/mol. The number of nitrogens with zero attached hydrogens (tertiary/aromatic N) is 1. The molecule has 1 aromatic carbocycles. The van der Waals surface area contributed by atoms with Crippen molar-refractivity contribution in [2.45, 2.75) is 6.42 Å². The second kappa shape index (κ2) is 5.46. The first-order valence-electron chi connectivity index (χ1n) is 5.15. The number of rotatable bonds is 3. The van der Waals surface area contributed by atoms with E-state index in [-0.39, 0.29) is 22.4 Å². The maximum absolute atomic E-state index is 13.2. The van der Waals surface area contributed by atoms with Crippen molar-refractivity contribution in [2.75, 3.05) is 0 Å². The molecule has 0 unspecified atom stereocenters. The summed E-state index contributed by atoms with van der Waals surface area (Å²) >= 11 is 11.3. The summed E-state index contributed by atoms with van der Waals surface area (Å²) in [6.45, 7) is 0. The van der Waals surface area contributed by atoms with Gasteiger partial charge in [0.1, 0.15) is 11.0 Å². The van der Waals surface area contributed by atoms with Crippen LogP contribution in [0, 0.1) is 5.82 Å². The molecule has 2 nitrogen and oxygen atoms in total. The van der Waals surface area contributed by atoms with Crippen LogP contribution in [0.2, 0.25) is 10.2 Å². The van der Waals surface area contributed by atoms with E-state index in [9.17, 15) is 9.18 Å². The minimum absolute atomic E-state index is 0.0400. The van der Waals surface area contributed by atoms with Crippen molar-refractivity contribution in [3.63, 3.8) is 0 Å². The first-order valence-corrected chi connectivity index (χ1v) is 5.90. The van der Waals surface area contributed by atoms with Crippen LogP contribution < -0.4 is 0 Å². The lowest BCUT2D eigenvalue weighted by Crippen LogP contribution is -2.04. The predicted molar refractivity (Wildman–Crippen MR) is 68.7 cm³/mol. The molecule has 0 bridgehead atoms. The van der Waals surface area contributed by atoms with E-state index in [4.69, 9.17) is 23.2 Å². The predicted octanol–water partition coefficient (Wildman–Crippen LogP) is 3.95. The number of carbonyl (C=O) groups excluding carboxylic acids is 1. The van der Waals surface area contributed by atoms with Crippen molar-refractivity contribution in [2.24, 2.45) is 0 Å². The lowest BCUT2D eigenvalue weighted by atomic mass is 10.0. The number of Topliss-reactive ketones (excluding diaryl/α,β-unsaturated/α-hetero) is 1. The van der Waals surface area contributed by atoms with Gasteiger partial charge in [-0.1, -0.05) is 29.3 Å². The van der Waals surface area contributed by atoms with Crippen LogP contribution in [0.4, 0.5) is 4.39 Å². The third-order valence-electron chi connectivity index (χ3n) is 2.40. The zero-order valence-electron chi connectivity index (χ0n) is 9.16. The van der Waals surface area contributed by atoms with Crippen LogP contribution in [0.5, 0.6) is 0 Å². The number of pyridine rings is 1. The van der Waals surface area contributed by atoms with E-state index < -0.39 is 5.82 Å². The summed E-state index contributed by atoms with van der Waals surface area (Å²) in [4.78, 5) is 15.7. The van der Waals surface area contributed by atoms with Crippen molar-refractivity contribution in [3.05, 3.63) is 63.6 Å². The number of aromatic nitrogens is 1. The van der Waals surface area contributed by atoms with Crippen LogP contribution in [0.3, 0.4) is 0 Å². The van der Waals surface area contributed by atoms with E-state index >= 15 is 0 Å². The van der Waals surface area contributed by atoms with Gasteiger partial charge in [0, 0.05) is 18.2 Å². The molecule has 18 heavy (non-hydrogen) atoms. The number of ketones is 1. The highest BCUT2D eigenvalue weighted by atomic mass is 35.5. The summed E-state index contributed by atoms with van der Waals surface area (Å²) in [5.74, 6) is -0.684. The van der Waals surface area contributed by atoms with Gasteiger partial charge in [0.2, 0.25) is 0 Å². The summed E-state index contributed by atoms with van der Waals surface area (Å²) in [5.41, 5.74) is 1.01. The van der Waals surface area contributed by atoms with Gasteiger partial charge in [-0.3, -0.25) is 4.79 Å². The number of hydrogen-bond acceptors (Lipinski definition) is 2. The first-order chi connectivity index (χ1) is 8.56. The van der Waals surface area contributed by atoms with Crippen LogP contribution in [0.15, 0.2) is 36.5 Å². The van der Waals surface area contributed by atoms with E-state index in [0.29, 0.717) is 11.1 Å². The fourth-order valence-corrected chi connectivity index (χ4v) is 1.80. The Morgan fingerprint density at radius 3 is 2.67 bits per heavy atom. The maximum atomic E-state index is 13.2.